The molecule has 14 heavy (non-hydrogen) atoms. The first-order valence-electron chi connectivity index (χ1n) is 3.32. The first-order valence-corrected chi connectivity index (χ1v) is 4.07. The Balaban J connectivity index is 3.08. The van der Waals surface area contributed by atoms with Gasteiger partial charge in [0.1, 0.15) is 0 Å². The van der Waals surface area contributed by atoms with Gasteiger partial charge in [-0.1, -0.05) is 11.6 Å². The highest BCUT2D eigenvalue weighted by molar-refractivity contribution is 6.61. The van der Waals surface area contributed by atoms with Crippen LogP contribution in [0.3, 0.4) is 0 Å². The lowest BCUT2D eigenvalue weighted by molar-refractivity contribution is -0.384. The Hall–Kier alpha value is -1.33. The second kappa shape index (κ2) is 4.26. The summed E-state index contributed by atoms with van der Waals surface area (Å²) in [7, 11) is 0. The summed E-state index contributed by atoms with van der Waals surface area (Å²) in [5.41, 5.74) is -1.34. The van der Waals surface area contributed by atoms with Crippen molar-refractivity contribution in [3.05, 3.63) is 33.3 Å². The fourth-order valence-electron chi connectivity index (χ4n) is 0.770. The van der Waals surface area contributed by atoms with Crippen LogP contribution in [-0.2, 0) is 0 Å². The van der Waals surface area contributed by atoms with Gasteiger partial charge < -0.3 is 4.74 Å². The van der Waals surface area contributed by atoms with E-state index in [-0.39, 0.29) is 16.5 Å². The molecule has 0 aliphatic carbocycles. The lowest BCUT2D eigenvalue weighted by Gasteiger charge is -2.01. The van der Waals surface area contributed by atoms with Gasteiger partial charge in [-0.05, 0) is 6.07 Å². The Morgan fingerprint density at radius 3 is 2.64 bits per heavy atom. The van der Waals surface area contributed by atoms with Crippen LogP contribution in [0.5, 0.6) is 5.75 Å². The van der Waals surface area contributed by atoms with Crippen molar-refractivity contribution in [3.8, 4) is 5.75 Å². The van der Waals surface area contributed by atoms with Gasteiger partial charge in [0.25, 0.3) is 5.69 Å². The Labute approximate surface area is 88.3 Å². The Morgan fingerprint density at radius 2 is 2.14 bits per heavy atom. The predicted molar refractivity (Wildman–Crippen MR) is 50.0 cm³/mol. The summed E-state index contributed by atoms with van der Waals surface area (Å²) < 4.78 is 4.43. The SMILES string of the molecule is O=C(Cl)Oc1cc([N+](=O)[O-])ccc1Cl. The quantitative estimate of drug-likeness (QED) is 0.449. The molecule has 0 radical (unpaired) electrons. The van der Waals surface area contributed by atoms with Crippen molar-refractivity contribution in [2.45, 2.75) is 0 Å². The summed E-state index contributed by atoms with van der Waals surface area (Å²) in [5, 5.41) is 10.4. The van der Waals surface area contributed by atoms with E-state index in [1.54, 1.807) is 0 Å². The molecule has 1 aromatic carbocycles. The number of nitrogens with zero attached hydrogens (tertiary/aromatic N) is 1. The summed E-state index contributed by atoms with van der Waals surface area (Å²) in [5.74, 6) is -0.138. The monoisotopic (exact) mass is 235 g/mol. The van der Waals surface area contributed by atoms with E-state index in [0.717, 1.165) is 6.07 Å². The topological polar surface area (TPSA) is 69.4 Å². The van der Waals surface area contributed by atoms with Gasteiger partial charge in [-0.15, -0.1) is 0 Å². The van der Waals surface area contributed by atoms with Gasteiger partial charge in [0.15, 0.2) is 5.75 Å². The van der Waals surface area contributed by atoms with Gasteiger partial charge in [0.05, 0.1) is 16.0 Å². The van der Waals surface area contributed by atoms with Gasteiger partial charge in [0.2, 0.25) is 0 Å². The van der Waals surface area contributed by atoms with Gasteiger partial charge in [-0.2, -0.15) is 0 Å². The number of hydrogen-bond acceptors (Lipinski definition) is 4. The molecule has 0 spiro atoms. The molecule has 1 aromatic rings. The van der Waals surface area contributed by atoms with Gasteiger partial charge >= 0.3 is 5.43 Å². The molecule has 0 saturated heterocycles. The number of carbonyl (C=O) groups is 1. The second-order valence-corrected chi connectivity index (χ2v) is 2.93. The van der Waals surface area contributed by atoms with Crippen LogP contribution >= 0.6 is 23.2 Å². The van der Waals surface area contributed by atoms with Crippen molar-refractivity contribution >= 4 is 34.3 Å². The van der Waals surface area contributed by atoms with Crippen LogP contribution in [0.25, 0.3) is 0 Å². The highest BCUT2D eigenvalue weighted by Crippen LogP contribution is 2.29. The summed E-state index contributed by atoms with van der Waals surface area (Å²) in [6, 6.07) is 3.45. The fourth-order valence-corrected chi connectivity index (χ4v) is 1.01. The molecule has 1 rings (SSSR count). The molecule has 5 nitrogen and oxygen atoms in total. The predicted octanol–water partition coefficient (Wildman–Crippen LogP) is 2.99. The molecule has 0 N–H and O–H groups in total. The molecule has 74 valence electrons. The molecule has 0 bridgehead atoms. The fraction of sp³-hybridized carbons (Fsp3) is 0. The molecule has 0 saturated carbocycles. The number of ether oxygens (including phenoxy) is 1. The van der Waals surface area contributed by atoms with E-state index in [1.165, 1.54) is 12.1 Å². The molecule has 0 aromatic heterocycles. The lowest BCUT2D eigenvalue weighted by atomic mass is 10.3. The zero-order valence-electron chi connectivity index (χ0n) is 6.57. The van der Waals surface area contributed by atoms with Gasteiger partial charge in [-0.3, -0.25) is 10.1 Å². The van der Waals surface area contributed by atoms with Crippen LogP contribution in [-0.4, -0.2) is 10.4 Å². The lowest BCUT2D eigenvalue weighted by Crippen LogP contribution is -1.97. The molecule has 0 atom stereocenters. The minimum Gasteiger partial charge on any atom is -0.413 e. The van der Waals surface area contributed by atoms with Crippen molar-refractivity contribution in [3.63, 3.8) is 0 Å². The van der Waals surface area contributed by atoms with Crippen molar-refractivity contribution < 1.29 is 14.5 Å². The zero-order chi connectivity index (χ0) is 10.7. The number of benzene rings is 1. The summed E-state index contributed by atoms with van der Waals surface area (Å²) in [4.78, 5) is 20.1. The highest BCUT2D eigenvalue weighted by Gasteiger charge is 2.12. The maximum absolute atomic E-state index is 10.4. The standard InChI is InChI=1S/C7H3Cl2NO4/c8-5-2-1-4(10(12)13)3-6(5)14-7(9)11/h1-3H. The molecule has 0 heterocycles. The summed E-state index contributed by atoms with van der Waals surface area (Å²) in [6.07, 6.45) is 0. The van der Waals surface area contributed by atoms with Crippen molar-refractivity contribution in [2.75, 3.05) is 0 Å². The maximum atomic E-state index is 10.4. The summed E-state index contributed by atoms with van der Waals surface area (Å²) in [6.45, 7) is 0. The highest BCUT2D eigenvalue weighted by atomic mass is 35.5. The van der Waals surface area contributed by atoms with E-state index in [1.807, 2.05) is 0 Å². The van der Waals surface area contributed by atoms with Crippen LogP contribution in [0.2, 0.25) is 5.02 Å². The third-order valence-electron chi connectivity index (χ3n) is 1.32. The van der Waals surface area contributed by atoms with Crippen LogP contribution in [0.4, 0.5) is 10.5 Å². The number of nitro benzene ring substituents is 1. The molecule has 0 fully saturated rings. The number of hydrogen-bond donors (Lipinski definition) is 0. The van der Waals surface area contributed by atoms with Crippen LogP contribution in [0.1, 0.15) is 0 Å². The third-order valence-corrected chi connectivity index (χ3v) is 1.71. The minimum atomic E-state index is -1.10. The minimum absolute atomic E-state index is 0.0737. The van der Waals surface area contributed by atoms with E-state index in [2.05, 4.69) is 4.74 Å². The Kier molecular flexibility index (Phi) is 3.27. The molecule has 0 aliphatic heterocycles. The average molecular weight is 236 g/mol. The van der Waals surface area contributed by atoms with Crippen LogP contribution in [0.15, 0.2) is 18.2 Å². The number of nitro groups is 1. The Morgan fingerprint density at radius 1 is 1.50 bits per heavy atom. The van der Waals surface area contributed by atoms with Gasteiger partial charge in [0, 0.05) is 17.7 Å². The van der Waals surface area contributed by atoms with Crippen molar-refractivity contribution in [2.24, 2.45) is 0 Å². The first kappa shape index (κ1) is 10.7. The summed E-state index contributed by atoms with van der Waals surface area (Å²) >= 11 is 10.5. The normalized spacial score (nSPS) is 9.57. The molecule has 0 amide bonds. The number of carbonyl (C=O) groups excluding carboxylic acids is 1. The van der Waals surface area contributed by atoms with Crippen LogP contribution in [0, 0.1) is 10.1 Å². The zero-order valence-corrected chi connectivity index (χ0v) is 8.08. The smallest absolute Gasteiger partial charge is 0.409 e. The third kappa shape index (κ3) is 2.58. The number of rotatable bonds is 2. The Bertz CT molecular complexity index is 393. The van der Waals surface area contributed by atoms with Crippen molar-refractivity contribution in [1.29, 1.82) is 0 Å². The molecule has 0 aliphatic rings. The van der Waals surface area contributed by atoms with E-state index in [4.69, 9.17) is 23.2 Å². The average Bonchev–Trinajstić information content (AvgIpc) is 2.07. The largest absolute Gasteiger partial charge is 0.413 e. The first-order chi connectivity index (χ1) is 6.50. The van der Waals surface area contributed by atoms with E-state index in [0.29, 0.717) is 0 Å². The van der Waals surface area contributed by atoms with E-state index < -0.39 is 10.4 Å². The molecular weight excluding hydrogens is 233 g/mol. The number of non-ortho nitro benzene ring substituents is 1. The maximum Gasteiger partial charge on any atom is 0.409 e. The van der Waals surface area contributed by atoms with Crippen molar-refractivity contribution in [1.82, 2.24) is 0 Å². The second-order valence-electron chi connectivity index (χ2n) is 2.21. The molecule has 0 unspecified atom stereocenters. The molecule has 7 heteroatoms. The van der Waals surface area contributed by atoms with E-state index >= 15 is 0 Å². The number of halogens is 2. The van der Waals surface area contributed by atoms with Crippen LogP contribution < -0.4 is 4.74 Å². The van der Waals surface area contributed by atoms with E-state index in [9.17, 15) is 14.9 Å². The molecular formula is C7H3Cl2NO4. The van der Waals surface area contributed by atoms with Gasteiger partial charge in [-0.25, -0.2) is 4.79 Å².